The number of nitrogens with zero attached hydrogens (tertiary/aromatic N) is 3. The number of hydrogen-bond donors (Lipinski definition) is 1. The molecule has 0 aliphatic heterocycles. The van der Waals surface area contributed by atoms with E-state index in [1.165, 1.54) is 31.0 Å². The van der Waals surface area contributed by atoms with Crippen LogP contribution in [0.1, 0.15) is 52.9 Å². The largest absolute Gasteiger partial charge is 0.353 e. The van der Waals surface area contributed by atoms with Crippen molar-refractivity contribution in [3.63, 3.8) is 0 Å². The number of nitrogens with one attached hydrogen (secondary N) is 1. The fourth-order valence-electron chi connectivity index (χ4n) is 2.65. The van der Waals surface area contributed by atoms with Crippen LogP contribution in [0.25, 0.3) is 11.4 Å². The predicted octanol–water partition coefficient (Wildman–Crippen LogP) is 5.19. The molecule has 0 saturated heterocycles. The Morgan fingerprint density at radius 1 is 1.19 bits per heavy atom. The van der Waals surface area contributed by atoms with Gasteiger partial charge in [-0.1, -0.05) is 56.5 Å². The van der Waals surface area contributed by atoms with Gasteiger partial charge in [0, 0.05) is 23.2 Å². The Morgan fingerprint density at radius 2 is 1.93 bits per heavy atom. The monoisotopic (exact) mass is 408 g/mol. The molecule has 148 valence electrons. The normalized spacial score (nSPS) is 12.1. The summed E-state index contributed by atoms with van der Waals surface area (Å²) in [5.74, 6) is 1.20. The Bertz CT molecular complexity index is 717. The molecule has 2 rings (SSSR count). The first-order chi connectivity index (χ1) is 13.0. The first-order valence-electron chi connectivity index (χ1n) is 9.66. The summed E-state index contributed by atoms with van der Waals surface area (Å²) in [5, 5.41) is 13.2. The van der Waals surface area contributed by atoms with Gasteiger partial charge < -0.3 is 9.88 Å². The summed E-state index contributed by atoms with van der Waals surface area (Å²) in [6.45, 7) is 7.12. The molecule has 1 aromatic carbocycles. The van der Waals surface area contributed by atoms with Crippen molar-refractivity contribution in [2.45, 2.75) is 70.6 Å². The van der Waals surface area contributed by atoms with Crippen molar-refractivity contribution in [2.75, 3.05) is 5.75 Å². The van der Waals surface area contributed by atoms with Gasteiger partial charge in [0.05, 0.1) is 5.75 Å². The first-order valence-corrected chi connectivity index (χ1v) is 11.0. The van der Waals surface area contributed by atoms with Crippen LogP contribution in [0.2, 0.25) is 5.02 Å². The van der Waals surface area contributed by atoms with Gasteiger partial charge in [0.25, 0.3) is 0 Å². The zero-order chi connectivity index (χ0) is 19.6. The minimum Gasteiger partial charge on any atom is -0.353 e. The van der Waals surface area contributed by atoms with Gasteiger partial charge in [-0.15, -0.1) is 10.2 Å². The van der Waals surface area contributed by atoms with Crippen LogP contribution in [0.15, 0.2) is 29.4 Å². The average molecular weight is 409 g/mol. The molecule has 7 heteroatoms. The van der Waals surface area contributed by atoms with Crippen molar-refractivity contribution in [3.8, 4) is 11.4 Å². The van der Waals surface area contributed by atoms with Crippen LogP contribution < -0.4 is 5.32 Å². The minimum atomic E-state index is 0.0305. The Labute approximate surface area is 171 Å². The Morgan fingerprint density at radius 3 is 2.59 bits per heavy atom. The Balaban J connectivity index is 2.12. The van der Waals surface area contributed by atoms with E-state index < -0.39 is 0 Å². The van der Waals surface area contributed by atoms with Crippen LogP contribution in [-0.4, -0.2) is 32.5 Å². The fraction of sp³-hybridized carbons (Fsp3) is 0.550. The van der Waals surface area contributed by atoms with E-state index in [0.717, 1.165) is 35.9 Å². The third kappa shape index (κ3) is 6.85. The van der Waals surface area contributed by atoms with Crippen LogP contribution in [-0.2, 0) is 11.3 Å². The quantitative estimate of drug-likeness (QED) is 0.410. The molecule has 1 heterocycles. The molecule has 0 spiro atoms. The van der Waals surface area contributed by atoms with Crippen LogP contribution >= 0.6 is 23.4 Å². The number of aromatic nitrogens is 3. The van der Waals surface area contributed by atoms with Crippen LogP contribution in [0.5, 0.6) is 0 Å². The maximum absolute atomic E-state index is 12.1. The number of hydrogen-bond acceptors (Lipinski definition) is 4. The maximum Gasteiger partial charge on any atom is 0.230 e. The molecule has 5 nitrogen and oxygen atoms in total. The molecule has 0 radical (unpaired) electrons. The van der Waals surface area contributed by atoms with Crippen LogP contribution in [0, 0.1) is 0 Å². The number of rotatable bonds is 11. The van der Waals surface area contributed by atoms with Gasteiger partial charge in [0.15, 0.2) is 11.0 Å². The minimum absolute atomic E-state index is 0.0305. The van der Waals surface area contributed by atoms with E-state index in [4.69, 9.17) is 11.6 Å². The van der Waals surface area contributed by atoms with Crippen LogP contribution in [0.4, 0.5) is 0 Å². The van der Waals surface area contributed by atoms with E-state index in [9.17, 15) is 4.79 Å². The van der Waals surface area contributed by atoms with Gasteiger partial charge in [-0.3, -0.25) is 4.79 Å². The third-order valence-corrected chi connectivity index (χ3v) is 5.63. The molecule has 0 aliphatic carbocycles. The highest BCUT2D eigenvalue weighted by atomic mass is 35.5. The molecule has 1 unspecified atom stereocenters. The highest BCUT2D eigenvalue weighted by molar-refractivity contribution is 7.99. The Hall–Kier alpha value is -1.53. The zero-order valence-corrected chi connectivity index (χ0v) is 17.9. The molecule has 0 aliphatic rings. The van der Waals surface area contributed by atoms with E-state index in [1.54, 1.807) is 0 Å². The van der Waals surface area contributed by atoms with Gasteiger partial charge in [-0.25, -0.2) is 0 Å². The van der Waals surface area contributed by atoms with E-state index in [1.807, 2.05) is 31.2 Å². The number of amides is 1. The van der Waals surface area contributed by atoms with Crippen molar-refractivity contribution in [3.05, 3.63) is 29.3 Å². The Kier molecular flexibility index (Phi) is 9.15. The molecule has 0 bridgehead atoms. The lowest BCUT2D eigenvalue weighted by molar-refractivity contribution is -0.119. The fourth-order valence-corrected chi connectivity index (χ4v) is 3.56. The summed E-state index contributed by atoms with van der Waals surface area (Å²) < 4.78 is 2.13. The molecular formula is C20H29ClN4OS. The van der Waals surface area contributed by atoms with E-state index in [-0.39, 0.29) is 11.9 Å². The average Bonchev–Trinajstić information content (AvgIpc) is 3.07. The van der Waals surface area contributed by atoms with Gasteiger partial charge >= 0.3 is 0 Å². The second-order valence-corrected chi connectivity index (χ2v) is 8.07. The van der Waals surface area contributed by atoms with E-state index >= 15 is 0 Å². The molecule has 2 aromatic rings. The maximum atomic E-state index is 12.1. The summed E-state index contributed by atoms with van der Waals surface area (Å²) in [7, 11) is 0. The molecule has 1 aromatic heterocycles. The lowest BCUT2D eigenvalue weighted by Gasteiger charge is -2.12. The molecule has 1 amide bonds. The van der Waals surface area contributed by atoms with Crippen molar-refractivity contribution in [1.82, 2.24) is 20.1 Å². The van der Waals surface area contributed by atoms with E-state index in [0.29, 0.717) is 10.8 Å². The van der Waals surface area contributed by atoms with Gasteiger partial charge in [-0.05, 0) is 44.0 Å². The predicted molar refractivity (Wildman–Crippen MR) is 113 cm³/mol. The topological polar surface area (TPSA) is 59.8 Å². The SMILES string of the molecule is CCCCCCn1c(SCC(=O)NC(C)CC)nnc1-c1ccc(Cl)cc1. The zero-order valence-electron chi connectivity index (χ0n) is 16.4. The third-order valence-electron chi connectivity index (χ3n) is 4.41. The van der Waals surface area contributed by atoms with Gasteiger partial charge in [0.1, 0.15) is 0 Å². The lowest BCUT2D eigenvalue weighted by Crippen LogP contribution is -2.33. The lowest BCUT2D eigenvalue weighted by atomic mass is 10.2. The number of benzene rings is 1. The molecular weight excluding hydrogens is 380 g/mol. The summed E-state index contributed by atoms with van der Waals surface area (Å²) in [5.41, 5.74) is 0.985. The summed E-state index contributed by atoms with van der Waals surface area (Å²) in [6, 6.07) is 7.83. The molecule has 27 heavy (non-hydrogen) atoms. The smallest absolute Gasteiger partial charge is 0.230 e. The molecule has 1 atom stereocenters. The van der Waals surface area contributed by atoms with Gasteiger partial charge in [-0.2, -0.15) is 0 Å². The molecule has 1 N–H and O–H groups in total. The number of carbonyl (C=O) groups excluding carboxylic acids is 1. The van der Waals surface area contributed by atoms with E-state index in [2.05, 4.69) is 33.9 Å². The number of halogens is 1. The van der Waals surface area contributed by atoms with Crippen molar-refractivity contribution in [2.24, 2.45) is 0 Å². The number of unbranched alkanes of at least 4 members (excludes halogenated alkanes) is 3. The van der Waals surface area contributed by atoms with Crippen molar-refractivity contribution >= 4 is 29.3 Å². The van der Waals surface area contributed by atoms with Crippen LogP contribution in [0.3, 0.4) is 0 Å². The molecule has 0 fully saturated rings. The van der Waals surface area contributed by atoms with Crippen molar-refractivity contribution < 1.29 is 4.79 Å². The van der Waals surface area contributed by atoms with Crippen molar-refractivity contribution in [1.29, 1.82) is 0 Å². The number of carbonyl (C=O) groups is 1. The second-order valence-electron chi connectivity index (χ2n) is 6.69. The highest BCUT2D eigenvalue weighted by Crippen LogP contribution is 2.26. The summed E-state index contributed by atoms with van der Waals surface area (Å²) in [4.78, 5) is 12.1. The first kappa shape index (κ1) is 21.8. The summed E-state index contributed by atoms with van der Waals surface area (Å²) >= 11 is 7.45. The standard InChI is InChI=1S/C20H29ClN4OS/c1-4-6-7-8-13-25-19(16-9-11-17(21)12-10-16)23-24-20(25)27-14-18(26)22-15(3)5-2/h9-12,15H,4-8,13-14H2,1-3H3,(H,22,26). The molecule has 0 saturated carbocycles. The summed E-state index contributed by atoms with van der Waals surface area (Å²) in [6.07, 6.45) is 5.58. The number of thioether (sulfide) groups is 1. The van der Waals surface area contributed by atoms with Gasteiger partial charge in [0.2, 0.25) is 5.91 Å². The second kappa shape index (κ2) is 11.3. The highest BCUT2D eigenvalue weighted by Gasteiger charge is 2.16.